The van der Waals surface area contributed by atoms with Gasteiger partial charge >= 0.3 is 5.97 Å². The largest absolute Gasteiger partial charge is 0.465 e. The molecule has 0 bridgehead atoms. The number of amides is 1. The van der Waals surface area contributed by atoms with Gasteiger partial charge in [-0.2, -0.15) is 0 Å². The van der Waals surface area contributed by atoms with E-state index < -0.39 is 12.0 Å². The normalized spacial score (nSPS) is 17.8. The standard InChI is InChI=1S/C12H22N2O4S/c1-2-18-12(16)10(13)7-19-8-11(15)14-9-3-5-17-6-4-9/h9-10H,2-8,13H2,1H3,(H,14,15). The van der Waals surface area contributed by atoms with Crippen LogP contribution in [0.2, 0.25) is 0 Å². The number of rotatable bonds is 7. The lowest BCUT2D eigenvalue weighted by atomic mass is 10.1. The number of esters is 1. The van der Waals surface area contributed by atoms with E-state index in [-0.39, 0.29) is 11.9 Å². The average Bonchev–Trinajstić information content (AvgIpc) is 2.40. The van der Waals surface area contributed by atoms with Crippen molar-refractivity contribution in [3.05, 3.63) is 0 Å². The highest BCUT2D eigenvalue weighted by atomic mass is 32.2. The second-order valence-electron chi connectivity index (χ2n) is 4.33. The van der Waals surface area contributed by atoms with Crippen molar-refractivity contribution in [3.63, 3.8) is 0 Å². The van der Waals surface area contributed by atoms with E-state index >= 15 is 0 Å². The Hall–Kier alpha value is -0.790. The summed E-state index contributed by atoms with van der Waals surface area (Å²) >= 11 is 1.34. The highest BCUT2D eigenvalue weighted by molar-refractivity contribution is 8.00. The van der Waals surface area contributed by atoms with Crippen LogP contribution >= 0.6 is 11.8 Å². The molecule has 1 heterocycles. The first-order valence-electron chi connectivity index (χ1n) is 6.50. The minimum Gasteiger partial charge on any atom is -0.465 e. The van der Waals surface area contributed by atoms with Gasteiger partial charge in [-0.25, -0.2) is 0 Å². The van der Waals surface area contributed by atoms with E-state index in [1.165, 1.54) is 11.8 Å². The molecular weight excluding hydrogens is 268 g/mol. The van der Waals surface area contributed by atoms with E-state index in [0.29, 0.717) is 31.3 Å². The van der Waals surface area contributed by atoms with Crippen molar-refractivity contribution >= 4 is 23.6 Å². The number of nitrogens with one attached hydrogen (secondary N) is 1. The molecule has 19 heavy (non-hydrogen) atoms. The minimum atomic E-state index is -0.666. The molecule has 1 aliphatic heterocycles. The van der Waals surface area contributed by atoms with Crippen LogP contribution in [0.1, 0.15) is 19.8 Å². The zero-order valence-corrected chi connectivity index (χ0v) is 12.0. The third-order valence-corrected chi connectivity index (χ3v) is 3.77. The molecule has 0 spiro atoms. The highest BCUT2D eigenvalue weighted by Gasteiger charge is 2.18. The third-order valence-electron chi connectivity index (χ3n) is 2.71. The highest BCUT2D eigenvalue weighted by Crippen LogP contribution is 2.08. The van der Waals surface area contributed by atoms with Crippen molar-refractivity contribution < 1.29 is 19.1 Å². The first kappa shape index (κ1) is 16.3. The maximum atomic E-state index is 11.7. The molecule has 0 aromatic heterocycles. The lowest BCUT2D eigenvalue weighted by Crippen LogP contribution is -2.40. The molecule has 1 amide bonds. The Bertz CT molecular complexity index is 295. The Kier molecular flexibility index (Phi) is 7.85. The second-order valence-corrected chi connectivity index (χ2v) is 5.36. The van der Waals surface area contributed by atoms with Gasteiger partial charge in [-0.3, -0.25) is 9.59 Å². The number of nitrogens with two attached hydrogens (primary N) is 1. The molecule has 1 rings (SSSR count). The molecule has 0 radical (unpaired) electrons. The van der Waals surface area contributed by atoms with Crippen molar-refractivity contribution in [1.29, 1.82) is 0 Å². The van der Waals surface area contributed by atoms with Gasteiger partial charge in [0.2, 0.25) is 5.91 Å². The molecule has 6 nitrogen and oxygen atoms in total. The molecule has 1 unspecified atom stereocenters. The fourth-order valence-corrected chi connectivity index (χ4v) is 2.48. The molecule has 0 aromatic rings. The van der Waals surface area contributed by atoms with Crippen LogP contribution in [0.25, 0.3) is 0 Å². The van der Waals surface area contributed by atoms with Crippen LogP contribution in [0.15, 0.2) is 0 Å². The number of thioether (sulfide) groups is 1. The summed E-state index contributed by atoms with van der Waals surface area (Å²) in [6.07, 6.45) is 1.72. The molecule has 3 N–H and O–H groups in total. The van der Waals surface area contributed by atoms with Crippen molar-refractivity contribution in [2.45, 2.75) is 31.8 Å². The fourth-order valence-electron chi connectivity index (χ4n) is 1.71. The smallest absolute Gasteiger partial charge is 0.323 e. The van der Waals surface area contributed by atoms with Crippen LogP contribution in [-0.4, -0.2) is 55.3 Å². The Morgan fingerprint density at radius 1 is 1.47 bits per heavy atom. The predicted molar refractivity (Wildman–Crippen MR) is 73.9 cm³/mol. The zero-order valence-electron chi connectivity index (χ0n) is 11.2. The SMILES string of the molecule is CCOC(=O)C(N)CSCC(=O)NC1CCOCC1. The Morgan fingerprint density at radius 2 is 2.16 bits per heavy atom. The molecule has 1 fully saturated rings. The van der Waals surface area contributed by atoms with E-state index in [0.717, 1.165) is 12.8 Å². The summed E-state index contributed by atoms with van der Waals surface area (Å²) in [6, 6.07) is -0.457. The molecule has 0 aliphatic carbocycles. The summed E-state index contributed by atoms with van der Waals surface area (Å²) in [5.74, 6) is 0.262. The Balaban J connectivity index is 2.10. The molecule has 0 aromatic carbocycles. The Labute approximate surface area is 117 Å². The van der Waals surface area contributed by atoms with Gasteiger partial charge in [0.1, 0.15) is 6.04 Å². The maximum Gasteiger partial charge on any atom is 0.323 e. The summed E-state index contributed by atoms with van der Waals surface area (Å²) in [7, 11) is 0. The Morgan fingerprint density at radius 3 is 2.79 bits per heavy atom. The lowest BCUT2D eigenvalue weighted by Gasteiger charge is -2.23. The van der Waals surface area contributed by atoms with Crippen molar-refractivity contribution in [1.82, 2.24) is 5.32 Å². The molecule has 0 saturated carbocycles. The minimum absolute atomic E-state index is 0.0204. The van der Waals surface area contributed by atoms with Gasteiger partial charge in [0.15, 0.2) is 0 Å². The first-order chi connectivity index (χ1) is 9.13. The van der Waals surface area contributed by atoms with Crippen LogP contribution in [0.3, 0.4) is 0 Å². The van der Waals surface area contributed by atoms with Crippen molar-refractivity contribution in [2.75, 3.05) is 31.3 Å². The number of hydrogen-bond acceptors (Lipinski definition) is 6. The quantitative estimate of drug-likeness (QED) is 0.637. The molecule has 110 valence electrons. The second kappa shape index (κ2) is 9.17. The van der Waals surface area contributed by atoms with E-state index in [1.807, 2.05) is 0 Å². The number of carbonyl (C=O) groups excluding carboxylic acids is 2. The topological polar surface area (TPSA) is 90.7 Å². The van der Waals surface area contributed by atoms with Crippen LogP contribution in [-0.2, 0) is 19.1 Å². The summed E-state index contributed by atoms with van der Waals surface area (Å²) in [4.78, 5) is 22.9. The summed E-state index contributed by atoms with van der Waals surface area (Å²) in [5, 5.41) is 2.95. The van der Waals surface area contributed by atoms with Crippen LogP contribution in [0, 0.1) is 0 Å². The van der Waals surface area contributed by atoms with Gasteiger partial charge in [-0.15, -0.1) is 11.8 Å². The van der Waals surface area contributed by atoms with Gasteiger partial charge in [0.25, 0.3) is 0 Å². The van der Waals surface area contributed by atoms with Gasteiger partial charge in [0.05, 0.1) is 12.4 Å². The van der Waals surface area contributed by atoms with E-state index in [1.54, 1.807) is 6.92 Å². The number of ether oxygens (including phenoxy) is 2. The number of hydrogen-bond donors (Lipinski definition) is 2. The van der Waals surface area contributed by atoms with Crippen LogP contribution in [0.4, 0.5) is 0 Å². The lowest BCUT2D eigenvalue weighted by molar-refractivity contribution is -0.144. The van der Waals surface area contributed by atoms with E-state index in [4.69, 9.17) is 15.2 Å². The van der Waals surface area contributed by atoms with Gasteiger partial charge in [0, 0.05) is 25.0 Å². The molecule has 1 atom stereocenters. The van der Waals surface area contributed by atoms with Gasteiger partial charge < -0.3 is 20.5 Å². The van der Waals surface area contributed by atoms with Crippen LogP contribution < -0.4 is 11.1 Å². The predicted octanol–water partition coefficient (Wildman–Crippen LogP) is -0.0948. The van der Waals surface area contributed by atoms with E-state index in [9.17, 15) is 9.59 Å². The van der Waals surface area contributed by atoms with E-state index in [2.05, 4.69) is 5.32 Å². The van der Waals surface area contributed by atoms with Gasteiger partial charge in [-0.05, 0) is 19.8 Å². The fraction of sp³-hybridized carbons (Fsp3) is 0.833. The number of carbonyl (C=O) groups is 2. The zero-order chi connectivity index (χ0) is 14.1. The van der Waals surface area contributed by atoms with Crippen molar-refractivity contribution in [2.24, 2.45) is 5.73 Å². The molecular formula is C12H22N2O4S. The molecule has 1 saturated heterocycles. The van der Waals surface area contributed by atoms with Crippen LogP contribution in [0.5, 0.6) is 0 Å². The van der Waals surface area contributed by atoms with Crippen molar-refractivity contribution in [3.8, 4) is 0 Å². The average molecular weight is 290 g/mol. The first-order valence-corrected chi connectivity index (χ1v) is 7.66. The summed E-state index contributed by atoms with van der Waals surface area (Å²) in [6.45, 7) is 3.46. The molecule has 1 aliphatic rings. The summed E-state index contributed by atoms with van der Waals surface area (Å²) in [5.41, 5.74) is 5.63. The maximum absolute atomic E-state index is 11.7. The third kappa shape index (κ3) is 6.79. The van der Waals surface area contributed by atoms with Gasteiger partial charge in [-0.1, -0.05) is 0 Å². The monoisotopic (exact) mass is 290 g/mol. The molecule has 7 heteroatoms. The summed E-state index contributed by atoms with van der Waals surface area (Å²) < 4.78 is 10.0.